The van der Waals surface area contributed by atoms with Gasteiger partial charge < -0.3 is 19.9 Å². The lowest BCUT2D eigenvalue weighted by Crippen LogP contribution is -2.53. The van der Waals surface area contributed by atoms with Gasteiger partial charge in [0.25, 0.3) is 0 Å². The minimum atomic E-state index is -0.913. The van der Waals surface area contributed by atoms with Gasteiger partial charge in [0.2, 0.25) is 0 Å². The monoisotopic (exact) mass is 296 g/mol. The van der Waals surface area contributed by atoms with E-state index in [-0.39, 0.29) is 25.0 Å². The summed E-state index contributed by atoms with van der Waals surface area (Å²) < 4.78 is 1.88. The summed E-state index contributed by atoms with van der Waals surface area (Å²) in [5.41, 5.74) is -0.436. The van der Waals surface area contributed by atoms with Gasteiger partial charge in [-0.15, -0.1) is 0 Å². The highest BCUT2D eigenvalue weighted by molar-refractivity contribution is 5.76. The SMILES string of the molecule is CC(Cn1ccnc1)NC(=O)N(CCC(=O)O)C(C)(C)C. The van der Waals surface area contributed by atoms with Gasteiger partial charge in [0.15, 0.2) is 0 Å². The number of aromatic nitrogens is 2. The van der Waals surface area contributed by atoms with Crippen molar-refractivity contribution in [2.45, 2.75) is 52.2 Å². The summed E-state index contributed by atoms with van der Waals surface area (Å²) in [6.45, 7) is 8.35. The zero-order valence-electron chi connectivity index (χ0n) is 13.0. The molecule has 0 aliphatic rings. The maximum Gasteiger partial charge on any atom is 0.318 e. The van der Waals surface area contributed by atoms with Gasteiger partial charge in [0.05, 0.1) is 12.7 Å². The van der Waals surface area contributed by atoms with E-state index in [0.29, 0.717) is 6.54 Å². The number of nitrogens with zero attached hydrogens (tertiary/aromatic N) is 3. The van der Waals surface area contributed by atoms with Crippen LogP contribution in [0.25, 0.3) is 0 Å². The van der Waals surface area contributed by atoms with Crippen molar-refractivity contribution >= 4 is 12.0 Å². The highest BCUT2D eigenvalue weighted by Crippen LogP contribution is 2.14. The fraction of sp³-hybridized carbons (Fsp3) is 0.643. The third-order valence-electron chi connectivity index (χ3n) is 3.02. The van der Waals surface area contributed by atoms with Crippen LogP contribution in [0, 0.1) is 0 Å². The summed E-state index contributed by atoms with van der Waals surface area (Å²) >= 11 is 0. The van der Waals surface area contributed by atoms with E-state index in [1.54, 1.807) is 17.4 Å². The predicted molar refractivity (Wildman–Crippen MR) is 78.9 cm³/mol. The Hall–Kier alpha value is -2.05. The largest absolute Gasteiger partial charge is 0.481 e. The van der Waals surface area contributed by atoms with Crippen molar-refractivity contribution in [2.75, 3.05) is 6.54 Å². The predicted octanol–water partition coefficient (Wildman–Crippen LogP) is 1.56. The topological polar surface area (TPSA) is 87.5 Å². The first kappa shape index (κ1) is 17.0. The van der Waals surface area contributed by atoms with Crippen LogP contribution in [-0.2, 0) is 11.3 Å². The first-order valence-electron chi connectivity index (χ1n) is 6.96. The van der Waals surface area contributed by atoms with Crippen LogP contribution in [0.15, 0.2) is 18.7 Å². The number of nitrogens with one attached hydrogen (secondary N) is 1. The Labute approximate surface area is 125 Å². The van der Waals surface area contributed by atoms with Gasteiger partial charge in [-0.2, -0.15) is 0 Å². The quantitative estimate of drug-likeness (QED) is 0.834. The van der Waals surface area contributed by atoms with Crippen LogP contribution in [0.4, 0.5) is 4.79 Å². The van der Waals surface area contributed by atoms with Crippen LogP contribution in [0.5, 0.6) is 0 Å². The number of imidazole rings is 1. The van der Waals surface area contributed by atoms with Crippen LogP contribution in [-0.4, -0.2) is 49.7 Å². The van der Waals surface area contributed by atoms with Gasteiger partial charge in [0, 0.05) is 37.1 Å². The Bertz CT molecular complexity index is 465. The molecule has 0 spiro atoms. The van der Waals surface area contributed by atoms with E-state index in [2.05, 4.69) is 10.3 Å². The van der Waals surface area contributed by atoms with Gasteiger partial charge in [-0.1, -0.05) is 0 Å². The third kappa shape index (κ3) is 5.85. The number of aliphatic carboxylic acids is 1. The molecule has 1 rings (SSSR count). The second-order valence-corrected chi connectivity index (χ2v) is 6.08. The van der Waals surface area contributed by atoms with Gasteiger partial charge in [0.1, 0.15) is 0 Å². The molecule has 0 radical (unpaired) electrons. The first-order chi connectivity index (χ1) is 9.70. The zero-order chi connectivity index (χ0) is 16.0. The van der Waals surface area contributed by atoms with Crippen molar-refractivity contribution in [3.8, 4) is 0 Å². The Morgan fingerprint density at radius 2 is 2.10 bits per heavy atom. The molecular formula is C14H24N4O3. The number of amides is 2. The molecule has 0 aliphatic carbocycles. The van der Waals surface area contributed by atoms with Crippen molar-refractivity contribution in [1.82, 2.24) is 19.8 Å². The van der Waals surface area contributed by atoms with Crippen molar-refractivity contribution in [3.05, 3.63) is 18.7 Å². The number of hydrogen-bond acceptors (Lipinski definition) is 3. The molecule has 1 heterocycles. The maximum absolute atomic E-state index is 12.3. The molecule has 7 heteroatoms. The molecule has 1 unspecified atom stereocenters. The average molecular weight is 296 g/mol. The van der Waals surface area contributed by atoms with Crippen molar-refractivity contribution in [2.24, 2.45) is 0 Å². The van der Waals surface area contributed by atoms with E-state index < -0.39 is 11.5 Å². The van der Waals surface area contributed by atoms with Gasteiger partial charge in [-0.25, -0.2) is 9.78 Å². The summed E-state index contributed by atoms with van der Waals surface area (Å²) in [5.74, 6) is -0.913. The summed E-state index contributed by atoms with van der Waals surface area (Å²) in [6.07, 6.45) is 5.13. The summed E-state index contributed by atoms with van der Waals surface area (Å²) in [5, 5.41) is 11.7. The molecule has 1 aromatic rings. The van der Waals surface area contributed by atoms with E-state index in [9.17, 15) is 9.59 Å². The van der Waals surface area contributed by atoms with Gasteiger partial charge in [-0.05, 0) is 27.7 Å². The van der Waals surface area contributed by atoms with E-state index in [4.69, 9.17) is 5.11 Å². The summed E-state index contributed by atoms with van der Waals surface area (Å²) in [6, 6.07) is -0.335. The minimum Gasteiger partial charge on any atom is -0.481 e. The van der Waals surface area contributed by atoms with Crippen molar-refractivity contribution < 1.29 is 14.7 Å². The lowest BCUT2D eigenvalue weighted by molar-refractivity contribution is -0.137. The summed E-state index contributed by atoms with van der Waals surface area (Å²) in [7, 11) is 0. The first-order valence-corrected chi connectivity index (χ1v) is 6.96. The molecule has 0 saturated heterocycles. The molecule has 0 aliphatic heterocycles. The van der Waals surface area contributed by atoms with Crippen LogP contribution in [0.1, 0.15) is 34.1 Å². The lowest BCUT2D eigenvalue weighted by Gasteiger charge is -2.36. The number of carbonyl (C=O) groups is 2. The molecule has 2 N–H and O–H groups in total. The number of urea groups is 1. The Balaban J connectivity index is 2.60. The molecule has 0 fully saturated rings. The molecule has 0 bridgehead atoms. The Morgan fingerprint density at radius 3 is 2.57 bits per heavy atom. The molecule has 1 aromatic heterocycles. The second kappa shape index (κ2) is 7.10. The van der Waals surface area contributed by atoms with Crippen LogP contribution in [0.3, 0.4) is 0 Å². The van der Waals surface area contributed by atoms with Crippen LogP contribution in [0.2, 0.25) is 0 Å². The zero-order valence-corrected chi connectivity index (χ0v) is 13.0. The van der Waals surface area contributed by atoms with Crippen LogP contribution >= 0.6 is 0 Å². The number of rotatable bonds is 6. The lowest BCUT2D eigenvalue weighted by atomic mass is 10.1. The number of carboxylic acids is 1. The fourth-order valence-corrected chi connectivity index (χ4v) is 1.99. The molecule has 2 amide bonds. The second-order valence-electron chi connectivity index (χ2n) is 6.08. The van der Waals surface area contributed by atoms with E-state index in [0.717, 1.165) is 0 Å². The Kier molecular flexibility index (Phi) is 5.75. The van der Waals surface area contributed by atoms with Gasteiger partial charge >= 0.3 is 12.0 Å². The minimum absolute atomic E-state index is 0.0689. The van der Waals surface area contributed by atoms with Crippen molar-refractivity contribution in [1.29, 1.82) is 0 Å². The molecule has 7 nitrogen and oxygen atoms in total. The fourth-order valence-electron chi connectivity index (χ4n) is 1.99. The number of hydrogen-bond donors (Lipinski definition) is 2. The molecule has 0 aromatic carbocycles. The molecule has 1 atom stereocenters. The Morgan fingerprint density at radius 1 is 1.43 bits per heavy atom. The highest BCUT2D eigenvalue weighted by atomic mass is 16.4. The molecule has 0 saturated carbocycles. The smallest absolute Gasteiger partial charge is 0.318 e. The third-order valence-corrected chi connectivity index (χ3v) is 3.02. The average Bonchev–Trinajstić information content (AvgIpc) is 2.79. The van der Waals surface area contributed by atoms with E-state index >= 15 is 0 Å². The number of carboxylic acid groups (broad SMARTS) is 1. The normalized spacial score (nSPS) is 12.8. The standard InChI is InChI=1S/C14H24N4O3/c1-11(9-17-8-6-15-10-17)16-13(21)18(14(2,3)4)7-5-12(19)20/h6,8,10-11H,5,7,9H2,1-4H3,(H,16,21)(H,19,20). The molecular weight excluding hydrogens is 272 g/mol. The molecule has 118 valence electrons. The van der Waals surface area contributed by atoms with Crippen LogP contribution < -0.4 is 5.32 Å². The maximum atomic E-state index is 12.3. The summed E-state index contributed by atoms with van der Waals surface area (Å²) in [4.78, 5) is 28.6. The number of carbonyl (C=O) groups excluding carboxylic acids is 1. The van der Waals surface area contributed by atoms with E-state index in [1.165, 1.54) is 0 Å². The van der Waals surface area contributed by atoms with Crippen molar-refractivity contribution in [3.63, 3.8) is 0 Å². The van der Waals surface area contributed by atoms with Gasteiger partial charge in [-0.3, -0.25) is 4.79 Å². The molecule has 21 heavy (non-hydrogen) atoms. The highest BCUT2D eigenvalue weighted by Gasteiger charge is 2.27. The van der Waals surface area contributed by atoms with E-state index in [1.807, 2.05) is 38.5 Å².